The Balaban J connectivity index is 2.52. The zero-order chi connectivity index (χ0) is 8.43. The Labute approximate surface area is 64.4 Å². The minimum atomic E-state index is -1.11. The second-order valence-electron chi connectivity index (χ2n) is 2.55. The summed E-state index contributed by atoms with van der Waals surface area (Å²) >= 11 is 0. The van der Waals surface area contributed by atoms with E-state index in [1.807, 2.05) is 0 Å². The van der Waals surface area contributed by atoms with E-state index in [9.17, 15) is 5.11 Å². The number of rotatable bonds is 1. The fraction of sp³-hybridized carbons (Fsp3) is 0.833. The zero-order valence-corrected chi connectivity index (χ0v) is 5.92. The molecule has 0 saturated carbocycles. The van der Waals surface area contributed by atoms with Gasteiger partial charge in [-0.25, -0.2) is 0 Å². The van der Waals surface area contributed by atoms with Gasteiger partial charge in [0.2, 0.25) is 12.6 Å². The molecule has 0 aromatic heterocycles. The molecule has 0 aliphatic carbocycles. The van der Waals surface area contributed by atoms with Crippen molar-refractivity contribution in [1.82, 2.24) is 0 Å². The molecule has 1 aliphatic rings. The first kappa shape index (κ1) is 8.76. The van der Waals surface area contributed by atoms with Crippen molar-refractivity contribution in [2.45, 2.75) is 24.4 Å². The molecule has 0 aromatic carbocycles. The van der Waals surface area contributed by atoms with E-state index in [0.29, 0.717) is 0 Å². The van der Waals surface area contributed by atoms with Gasteiger partial charge in [-0.1, -0.05) is 0 Å². The minimum absolute atomic E-state index is 0.332. The van der Waals surface area contributed by atoms with Crippen LogP contribution in [0.25, 0.3) is 0 Å². The molecule has 4 atom stereocenters. The van der Waals surface area contributed by atoms with Gasteiger partial charge in [0, 0.05) is 0 Å². The number of aliphatic hydroxyl groups is 3. The van der Waals surface area contributed by atoms with Gasteiger partial charge in [0.25, 0.3) is 0 Å². The molecule has 5 N–H and O–H groups in total. The average molecular weight is 162 g/mol. The van der Waals surface area contributed by atoms with Crippen LogP contribution in [0.5, 0.6) is 0 Å². The zero-order valence-electron chi connectivity index (χ0n) is 5.92. The average Bonchev–Trinajstić information content (AvgIpc) is 2.01. The monoisotopic (exact) mass is 162 g/mol. The summed E-state index contributed by atoms with van der Waals surface area (Å²) in [5, 5.41) is 26.9. The Bertz CT molecular complexity index is 130. The van der Waals surface area contributed by atoms with Gasteiger partial charge in [-0.2, -0.15) is 4.74 Å². The van der Waals surface area contributed by atoms with Crippen molar-refractivity contribution in [3.05, 3.63) is 6.61 Å². The van der Waals surface area contributed by atoms with E-state index in [1.165, 1.54) is 6.61 Å². The molecule has 1 heterocycles. The van der Waals surface area contributed by atoms with Crippen LogP contribution in [0, 0.1) is 6.61 Å². The fourth-order valence-electron chi connectivity index (χ4n) is 0.951. The van der Waals surface area contributed by atoms with Crippen LogP contribution in [0.4, 0.5) is 0 Å². The van der Waals surface area contributed by atoms with Crippen LogP contribution in [0.3, 0.4) is 0 Å². The molecule has 11 heavy (non-hydrogen) atoms. The standard InChI is InChI=1S/C6H12NO4/c7-3-2-11-4(1-8)6(10)5(3)9/h2-6,8-10H,1,7H2/q+1. The molecule has 1 fully saturated rings. The molecular formula is C6H12NO4+. The highest BCUT2D eigenvalue weighted by molar-refractivity contribution is 4.93. The predicted octanol–water partition coefficient (Wildman–Crippen LogP) is -2.41. The van der Waals surface area contributed by atoms with Gasteiger partial charge >= 0.3 is 0 Å². The lowest BCUT2D eigenvalue weighted by Gasteiger charge is -2.27. The maximum atomic E-state index is 9.17. The second-order valence-corrected chi connectivity index (χ2v) is 2.55. The molecule has 1 aliphatic heterocycles. The van der Waals surface area contributed by atoms with E-state index in [-0.39, 0.29) is 6.61 Å². The molecule has 4 unspecified atom stereocenters. The van der Waals surface area contributed by atoms with Crippen molar-refractivity contribution in [2.24, 2.45) is 5.73 Å². The van der Waals surface area contributed by atoms with Gasteiger partial charge in [0.1, 0.15) is 12.2 Å². The highest BCUT2D eigenvalue weighted by atomic mass is 16.5. The van der Waals surface area contributed by atoms with Crippen molar-refractivity contribution < 1.29 is 20.1 Å². The summed E-state index contributed by atoms with van der Waals surface area (Å²) in [5.41, 5.74) is 5.31. The van der Waals surface area contributed by atoms with Crippen LogP contribution in [-0.2, 0) is 4.74 Å². The van der Waals surface area contributed by atoms with E-state index in [1.54, 1.807) is 0 Å². The lowest BCUT2D eigenvalue weighted by atomic mass is 9.99. The molecule has 1 rings (SSSR count). The predicted molar refractivity (Wildman–Crippen MR) is 36.2 cm³/mol. The highest BCUT2D eigenvalue weighted by Crippen LogP contribution is 2.16. The van der Waals surface area contributed by atoms with Crippen molar-refractivity contribution in [1.29, 1.82) is 0 Å². The van der Waals surface area contributed by atoms with Crippen LogP contribution < -0.4 is 5.73 Å². The van der Waals surface area contributed by atoms with E-state index < -0.39 is 24.4 Å². The summed E-state index contributed by atoms with van der Waals surface area (Å²) in [5.74, 6) is 0. The van der Waals surface area contributed by atoms with Crippen molar-refractivity contribution in [2.75, 3.05) is 6.61 Å². The summed E-state index contributed by atoms with van der Waals surface area (Å²) in [6.45, 7) is 0.889. The lowest BCUT2D eigenvalue weighted by Crippen LogP contribution is -2.55. The Morgan fingerprint density at radius 1 is 1.36 bits per heavy atom. The highest BCUT2D eigenvalue weighted by Gasteiger charge is 2.43. The Hall–Kier alpha value is -0.330. The molecule has 1 saturated heterocycles. The minimum Gasteiger partial charge on any atom is -0.393 e. The molecular weight excluding hydrogens is 150 g/mol. The number of aliphatic hydroxyl groups excluding tert-OH is 3. The Morgan fingerprint density at radius 3 is 2.55 bits per heavy atom. The van der Waals surface area contributed by atoms with Crippen LogP contribution in [0.1, 0.15) is 0 Å². The first-order chi connectivity index (χ1) is 5.16. The summed E-state index contributed by atoms with van der Waals surface area (Å²) in [6.07, 6.45) is -2.93. The molecule has 0 aromatic rings. The van der Waals surface area contributed by atoms with Crippen LogP contribution in [0.2, 0.25) is 0 Å². The topological polar surface area (TPSA) is 95.9 Å². The second kappa shape index (κ2) is 3.38. The number of hydrogen-bond acceptors (Lipinski definition) is 5. The Morgan fingerprint density at radius 2 is 2.00 bits per heavy atom. The lowest BCUT2D eigenvalue weighted by molar-refractivity contribution is -0.132. The number of hydrogen-bond donors (Lipinski definition) is 4. The smallest absolute Gasteiger partial charge is 0.248 e. The molecule has 5 heteroatoms. The largest absolute Gasteiger partial charge is 0.393 e. The van der Waals surface area contributed by atoms with Gasteiger partial charge in [0.05, 0.1) is 6.61 Å². The maximum absolute atomic E-state index is 9.17. The van der Waals surface area contributed by atoms with Crippen LogP contribution in [-0.4, -0.2) is 46.3 Å². The van der Waals surface area contributed by atoms with Crippen molar-refractivity contribution in [3.63, 3.8) is 0 Å². The van der Waals surface area contributed by atoms with E-state index in [2.05, 4.69) is 0 Å². The summed E-state index contributed by atoms with van der Waals surface area (Å²) in [4.78, 5) is 0. The van der Waals surface area contributed by atoms with Crippen molar-refractivity contribution in [3.8, 4) is 0 Å². The van der Waals surface area contributed by atoms with Gasteiger partial charge < -0.3 is 15.3 Å². The Kier molecular flexibility index (Phi) is 2.69. The van der Waals surface area contributed by atoms with Crippen molar-refractivity contribution >= 4 is 0 Å². The normalized spacial score (nSPS) is 45.1. The summed E-state index contributed by atoms with van der Waals surface area (Å²) < 4.78 is 4.81. The third kappa shape index (κ3) is 1.63. The first-order valence-corrected chi connectivity index (χ1v) is 3.38. The number of ether oxygens (including phenoxy) is 1. The summed E-state index contributed by atoms with van der Waals surface area (Å²) in [7, 11) is 0. The number of nitrogens with two attached hydrogens (primary N) is 1. The quantitative estimate of drug-likeness (QED) is 0.322. The van der Waals surface area contributed by atoms with Gasteiger partial charge in [0.15, 0.2) is 6.10 Å². The molecule has 5 nitrogen and oxygen atoms in total. The van der Waals surface area contributed by atoms with Gasteiger partial charge in [-0.3, -0.25) is 5.73 Å². The SMILES string of the molecule is NC1[CH+]OC(CO)C(O)C1O. The van der Waals surface area contributed by atoms with Crippen LogP contribution in [0.15, 0.2) is 0 Å². The maximum Gasteiger partial charge on any atom is 0.248 e. The molecule has 0 spiro atoms. The van der Waals surface area contributed by atoms with E-state index >= 15 is 0 Å². The third-order valence-corrected chi connectivity index (χ3v) is 1.72. The molecule has 0 radical (unpaired) electrons. The third-order valence-electron chi connectivity index (χ3n) is 1.72. The van der Waals surface area contributed by atoms with E-state index in [4.69, 9.17) is 20.7 Å². The molecule has 0 amide bonds. The van der Waals surface area contributed by atoms with E-state index in [0.717, 1.165) is 0 Å². The molecule has 64 valence electrons. The summed E-state index contributed by atoms with van der Waals surface area (Å²) in [6, 6.07) is -0.687. The molecule has 0 bridgehead atoms. The van der Waals surface area contributed by atoms with Gasteiger partial charge in [-0.05, 0) is 0 Å². The first-order valence-electron chi connectivity index (χ1n) is 3.38. The van der Waals surface area contributed by atoms with Gasteiger partial charge in [-0.15, -0.1) is 0 Å². The fourth-order valence-corrected chi connectivity index (χ4v) is 0.951. The van der Waals surface area contributed by atoms with Crippen LogP contribution >= 0.6 is 0 Å².